The summed E-state index contributed by atoms with van der Waals surface area (Å²) in [4.78, 5) is 14.2. The Bertz CT molecular complexity index is 405. The van der Waals surface area contributed by atoms with Crippen LogP contribution in [0, 0.1) is 0 Å². The van der Waals surface area contributed by atoms with Crippen molar-refractivity contribution in [3.63, 3.8) is 0 Å². The van der Waals surface area contributed by atoms with Crippen LogP contribution in [-0.4, -0.2) is 53.0 Å². The molecule has 2 rings (SSSR count). The third-order valence-electron chi connectivity index (χ3n) is 3.42. The van der Waals surface area contributed by atoms with Crippen LogP contribution in [-0.2, 0) is 22.4 Å². The first-order chi connectivity index (χ1) is 9.20. The summed E-state index contributed by atoms with van der Waals surface area (Å²) in [7, 11) is 1.81. The lowest BCUT2D eigenvalue weighted by Gasteiger charge is -2.31. The van der Waals surface area contributed by atoms with Crippen molar-refractivity contribution in [2.45, 2.75) is 12.5 Å². The lowest BCUT2D eigenvalue weighted by molar-refractivity contribution is -0.133. The van der Waals surface area contributed by atoms with Gasteiger partial charge in [-0.1, -0.05) is 41.5 Å². The maximum atomic E-state index is 12.4. The van der Waals surface area contributed by atoms with Crippen LogP contribution in [0.4, 0.5) is 0 Å². The molecule has 19 heavy (non-hydrogen) atoms. The van der Waals surface area contributed by atoms with Crippen molar-refractivity contribution in [1.29, 1.82) is 0 Å². The smallest absolute Gasteiger partial charge is 0.240 e. The molecule has 1 amide bonds. The van der Waals surface area contributed by atoms with Crippen LogP contribution in [0.5, 0.6) is 0 Å². The molecule has 0 saturated carbocycles. The fraction of sp³-hybridized carbons (Fsp3) is 0.500. The molecule has 0 aromatic heterocycles. The van der Waals surface area contributed by atoms with Gasteiger partial charge in [0.2, 0.25) is 5.91 Å². The summed E-state index contributed by atoms with van der Waals surface area (Å²) in [6.07, 6.45) is 0.690. The van der Waals surface area contributed by atoms with E-state index in [0.29, 0.717) is 31.0 Å². The van der Waals surface area contributed by atoms with Gasteiger partial charge in [0.25, 0.3) is 0 Å². The minimum atomic E-state index is -0.745. The van der Waals surface area contributed by atoms with E-state index in [-0.39, 0.29) is 11.9 Å². The summed E-state index contributed by atoms with van der Waals surface area (Å²) in [5.74, 6) is 1.32. The molecule has 1 N–H and O–H groups in total. The van der Waals surface area contributed by atoms with Gasteiger partial charge >= 0.3 is 0 Å². The van der Waals surface area contributed by atoms with Gasteiger partial charge in [0.05, 0.1) is 19.1 Å². The van der Waals surface area contributed by atoms with E-state index in [0.717, 1.165) is 5.56 Å². The highest BCUT2D eigenvalue weighted by Crippen LogP contribution is 2.09. The van der Waals surface area contributed by atoms with E-state index >= 15 is 0 Å². The van der Waals surface area contributed by atoms with E-state index in [9.17, 15) is 9.35 Å². The number of likely N-dealkylation sites (N-methyl/N-ethyl adjacent to an activating group) is 1. The topological polar surface area (TPSA) is 55.4 Å². The average molecular weight is 280 g/mol. The van der Waals surface area contributed by atoms with Gasteiger partial charge in [0, 0.05) is 0 Å². The molecule has 5 heteroatoms. The Labute approximate surface area is 117 Å². The van der Waals surface area contributed by atoms with Crippen molar-refractivity contribution in [3.8, 4) is 0 Å². The number of hydrogen-bond acceptors (Lipinski definition) is 3. The molecule has 0 bridgehead atoms. The monoisotopic (exact) mass is 280 g/mol. The van der Waals surface area contributed by atoms with E-state index in [2.05, 4.69) is 5.32 Å². The molecule has 0 spiro atoms. The highest BCUT2D eigenvalue weighted by Gasteiger charge is 2.28. The summed E-state index contributed by atoms with van der Waals surface area (Å²) in [6.45, 7) is 1.22. The molecule has 1 atom stereocenters. The van der Waals surface area contributed by atoms with Crippen LogP contribution in [0.3, 0.4) is 0 Å². The Morgan fingerprint density at radius 1 is 1.37 bits per heavy atom. The standard InChI is InChI=1S/C14H20N2O2S/c1-15-13(11-12-5-3-2-4-6-12)14(17)16-7-9-19(18)10-8-16/h2-6,13,15H,7-11H2,1H3. The first-order valence-electron chi connectivity index (χ1n) is 6.55. The molecule has 1 aromatic rings. The SMILES string of the molecule is CNC(Cc1ccccc1)C(=O)N1CC[S+]([O-])CC1. The molecular weight excluding hydrogens is 260 g/mol. The van der Waals surface area contributed by atoms with Gasteiger partial charge in [-0.3, -0.25) is 4.79 Å². The quantitative estimate of drug-likeness (QED) is 0.813. The number of hydrogen-bond donors (Lipinski definition) is 1. The predicted molar refractivity (Wildman–Crippen MR) is 77.5 cm³/mol. The Hall–Kier alpha value is -1.04. The third kappa shape index (κ3) is 3.96. The molecular formula is C14H20N2O2S. The molecule has 1 fully saturated rings. The maximum absolute atomic E-state index is 12.4. The van der Waals surface area contributed by atoms with Gasteiger partial charge in [-0.2, -0.15) is 0 Å². The van der Waals surface area contributed by atoms with Crippen LogP contribution in [0.25, 0.3) is 0 Å². The lowest BCUT2D eigenvalue weighted by atomic mass is 10.0. The van der Waals surface area contributed by atoms with E-state index in [1.807, 2.05) is 42.3 Å². The fourth-order valence-electron chi connectivity index (χ4n) is 2.24. The molecule has 4 nitrogen and oxygen atoms in total. The van der Waals surface area contributed by atoms with E-state index in [1.165, 1.54) is 0 Å². The van der Waals surface area contributed by atoms with E-state index in [4.69, 9.17) is 0 Å². The van der Waals surface area contributed by atoms with Crippen LogP contribution < -0.4 is 5.32 Å². The molecule has 0 aliphatic carbocycles. The minimum absolute atomic E-state index is 0.114. The van der Waals surface area contributed by atoms with Crippen LogP contribution in [0.15, 0.2) is 30.3 Å². The van der Waals surface area contributed by atoms with Gasteiger partial charge in [0.1, 0.15) is 11.5 Å². The Morgan fingerprint density at radius 3 is 2.58 bits per heavy atom. The molecule has 1 heterocycles. The third-order valence-corrected chi connectivity index (χ3v) is 4.69. The van der Waals surface area contributed by atoms with Gasteiger partial charge in [-0.05, 0) is 19.0 Å². The zero-order chi connectivity index (χ0) is 13.7. The van der Waals surface area contributed by atoms with Crippen molar-refractivity contribution in [2.24, 2.45) is 0 Å². The predicted octanol–water partition coefficient (Wildman–Crippen LogP) is 0.408. The van der Waals surface area contributed by atoms with Crippen molar-refractivity contribution in [2.75, 3.05) is 31.6 Å². The Balaban J connectivity index is 1.95. The molecule has 1 unspecified atom stereocenters. The van der Waals surface area contributed by atoms with Crippen molar-refractivity contribution < 1.29 is 9.35 Å². The number of rotatable bonds is 4. The molecule has 1 saturated heterocycles. The van der Waals surface area contributed by atoms with Crippen molar-refractivity contribution in [1.82, 2.24) is 10.2 Å². The molecule has 1 aliphatic rings. The molecule has 104 valence electrons. The fourth-order valence-corrected chi connectivity index (χ4v) is 3.29. The zero-order valence-electron chi connectivity index (χ0n) is 11.2. The summed E-state index contributed by atoms with van der Waals surface area (Å²) in [6, 6.07) is 9.80. The second-order valence-corrected chi connectivity index (χ2v) is 6.40. The Kier molecular flexibility index (Phi) is 5.24. The number of amides is 1. The average Bonchev–Trinajstić information content (AvgIpc) is 2.46. The van der Waals surface area contributed by atoms with Crippen LogP contribution in [0.1, 0.15) is 5.56 Å². The van der Waals surface area contributed by atoms with E-state index < -0.39 is 11.2 Å². The van der Waals surface area contributed by atoms with Crippen LogP contribution in [0.2, 0.25) is 0 Å². The minimum Gasteiger partial charge on any atom is -0.616 e. The first-order valence-corrected chi connectivity index (χ1v) is 8.04. The second kappa shape index (κ2) is 6.93. The number of carbonyl (C=O) groups excluding carboxylic acids is 1. The number of benzene rings is 1. The summed E-state index contributed by atoms with van der Waals surface area (Å²) in [5, 5.41) is 3.09. The maximum Gasteiger partial charge on any atom is 0.240 e. The zero-order valence-corrected chi connectivity index (χ0v) is 12.0. The second-order valence-electron chi connectivity index (χ2n) is 4.70. The largest absolute Gasteiger partial charge is 0.616 e. The van der Waals surface area contributed by atoms with Gasteiger partial charge in [0.15, 0.2) is 0 Å². The normalized spacial score (nSPS) is 18.3. The van der Waals surface area contributed by atoms with E-state index in [1.54, 1.807) is 0 Å². The Morgan fingerprint density at radius 2 is 2.00 bits per heavy atom. The van der Waals surface area contributed by atoms with Gasteiger partial charge < -0.3 is 14.8 Å². The molecule has 1 aromatic carbocycles. The molecule has 1 aliphatic heterocycles. The summed E-state index contributed by atoms with van der Waals surface area (Å²) >= 11 is -0.745. The van der Waals surface area contributed by atoms with Crippen molar-refractivity contribution in [3.05, 3.63) is 35.9 Å². The van der Waals surface area contributed by atoms with Crippen LogP contribution >= 0.6 is 0 Å². The highest BCUT2D eigenvalue weighted by molar-refractivity contribution is 7.91. The summed E-state index contributed by atoms with van der Waals surface area (Å²) in [5.41, 5.74) is 1.15. The number of carbonyl (C=O) groups is 1. The van der Waals surface area contributed by atoms with Gasteiger partial charge in [-0.25, -0.2) is 0 Å². The van der Waals surface area contributed by atoms with Crippen molar-refractivity contribution >= 4 is 17.1 Å². The molecule has 0 radical (unpaired) electrons. The van der Waals surface area contributed by atoms with Gasteiger partial charge in [-0.15, -0.1) is 0 Å². The summed E-state index contributed by atoms with van der Waals surface area (Å²) < 4.78 is 11.3. The first kappa shape index (κ1) is 14.4. The highest BCUT2D eigenvalue weighted by atomic mass is 32.2. The number of nitrogens with zero attached hydrogens (tertiary/aromatic N) is 1. The number of nitrogens with one attached hydrogen (secondary N) is 1. The lowest BCUT2D eigenvalue weighted by Crippen LogP contribution is -2.51.